The molecule has 0 aromatic heterocycles. The van der Waals surface area contributed by atoms with Crippen molar-refractivity contribution in [2.75, 3.05) is 0 Å². The van der Waals surface area contributed by atoms with E-state index in [-0.39, 0.29) is 6.10 Å². The van der Waals surface area contributed by atoms with Crippen LogP contribution in [-0.2, 0) is 0 Å². The monoisotopic (exact) mass is 212 g/mol. The van der Waals surface area contributed by atoms with Crippen molar-refractivity contribution in [1.29, 1.82) is 0 Å². The molecule has 0 aromatic carbocycles. The highest BCUT2D eigenvalue weighted by Crippen LogP contribution is 2.41. The van der Waals surface area contributed by atoms with Crippen molar-refractivity contribution in [3.05, 3.63) is 0 Å². The fourth-order valence-electron chi connectivity index (χ4n) is 2.41. The zero-order valence-electron chi connectivity index (χ0n) is 10.5. The van der Waals surface area contributed by atoms with E-state index >= 15 is 0 Å². The van der Waals surface area contributed by atoms with Crippen LogP contribution in [0.5, 0.6) is 0 Å². The molecule has 1 nitrogen and oxygen atoms in total. The van der Waals surface area contributed by atoms with E-state index in [1.165, 1.54) is 51.4 Å². The van der Waals surface area contributed by atoms with Gasteiger partial charge in [0.15, 0.2) is 0 Å². The molecule has 1 saturated carbocycles. The average Bonchev–Trinajstić information content (AvgIpc) is 2.94. The van der Waals surface area contributed by atoms with Crippen molar-refractivity contribution < 1.29 is 5.11 Å². The van der Waals surface area contributed by atoms with E-state index in [2.05, 4.69) is 13.8 Å². The van der Waals surface area contributed by atoms with E-state index < -0.39 is 0 Å². The van der Waals surface area contributed by atoms with Crippen LogP contribution in [0.1, 0.15) is 71.6 Å². The summed E-state index contributed by atoms with van der Waals surface area (Å²) >= 11 is 0. The first-order valence-electron chi connectivity index (χ1n) is 6.93. The Morgan fingerprint density at radius 2 is 1.60 bits per heavy atom. The highest BCUT2D eigenvalue weighted by Gasteiger charge is 2.37. The first-order valence-corrected chi connectivity index (χ1v) is 6.93. The summed E-state index contributed by atoms with van der Waals surface area (Å²) in [4.78, 5) is 0. The number of unbranched alkanes of at least 4 members (excludes halogenated alkanes) is 6. The van der Waals surface area contributed by atoms with E-state index in [0.717, 1.165) is 12.3 Å². The zero-order chi connectivity index (χ0) is 11.1. The molecule has 1 aliphatic carbocycles. The average molecular weight is 212 g/mol. The molecular weight excluding hydrogens is 184 g/mol. The zero-order valence-corrected chi connectivity index (χ0v) is 10.5. The minimum absolute atomic E-state index is 0.00985. The molecule has 0 heterocycles. The van der Waals surface area contributed by atoms with Gasteiger partial charge in [-0.1, -0.05) is 58.8 Å². The molecule has 1 rings (SSSR count). The topological polar surface area (TPSA) is 20.2 Å². The lowest BCUT2D eigenvalue weighted by Crippen LogP contribution is -2.09. The van der Waals surface area contributed by atoms with Gasteiger partial charge >= 0.3 is 0 Å². The van der Waals surface area contributed by atoms with Gasteiger partial charge in [0.2, 0.25) is 0 Å². The van der Waals surface area contributed by atoms with Crippen LogP contribution in [0.2, 0.25) is 0 Å². The molecule has 1 N–H and O–H groups in total. The Kier molecular flexibility index (Phi) is 6.31. The first kappa shape index (κ1) is 13.0. The van der Waals surface area contributed by atoms with Crippen molar-refractivity contribution in [2.24, 2.45) is 11.8 Å². The highest BCUT2D eigenvalue weighted by atomic mass is 16.3. The van der Waals surface area contributed by atoms with Gasteiger partial charge in [-0.15, -0.1) is 0 Å². The Balaban J connectivity index is 1.80. The van der Waals surface area contributed by atoms with Gasteiger partial charge in [-0.3, -0.25) is 0 Å². The van der Waals surface area contributed by atoms with Crippen molar-refractivity contribution in [2.45, 2.75) is 77.7 Å². The van der Waals surface area contributed by atoms with Crippen LogP contribution < -0.4 is 0 Å². The number of rotatable bonds is 9. The summed E-state index contributed by atoms with van der Waals surface area (Å²) in [5.41, 5.74) is 0. The Bertz CT molecular complexity index is 155. The second-order valence-corrected chi connectivity index (χ2v) is 5.35. The van der Waals surface area contributed by atoms with Crippen molar-refractivity contribution in [1.82, 2.24) is 0 Å². The maximum atomic E-state index is 9.80. The quantitative estimate of drug-likeness (QED) is 0.569. The van der Waals surface area contributed by atoms with Gasteiger partial charge in [0.25, 0.3) is 0 Å². The molecule has 1 fully saturated rings. The van der Waals surface area contributed by atoms with Gasteiger partial charge in [-0.25, -0.2) is 0 Å². The Labute approximate surface area is 95.3 Å². The van der Waals surface area contributed by atoms with Gasteiger partial charge in [0.1, 0.15) is 0 Å². The van der Waals surface area contributed by atoms with Crippen LogP contribution in [0.15, 0.2) is 0 Å². The molecule has 1 aliphatic rings. The maximum Gasteiger partial charge on any atom is 0.0571 e. The van der Waals surface area contributed by atoms with Crippen LogP contribution in [0.3, 0.4) is 0 Å². The summed E-state index contributed by atoms with van der Waals surface area (Å²) in [5.74, 6) is 1.44. The third-order valence-corrected chi connectivity index (χ3v) is 3.77. The van der Waals surface area contributed by atoms with Crippen LogP contribution in [0, 0.1) is 11.8 Å². The van der Waals surface area contributed by atoms with Crippen molar-refractivity contribution in [3.8, 4) is 0 Å². The smallest absolute Gasteiger partial charge is 0.0571 e. The lowest BCUT2D eigenvalue weighted by atomic mass is 10.0. The van der Waals surface area contributed by atoms with Crippen molar-refractivity contribution >= 4 is 0 Å². The molecule has 1 heteroatoms. The van der Waals surface area contributed by atoms with Crippen LogP contribution in [0.4, 0.5) is 0 Å². The van der Waals surface area contributed by atoms with Crippen LogP contribution >= 0.6 is 0 Å². The first-order chi connectivity index (χ1) is 7.25. The molecule has 0 spiro atoms. The summed E-state index contributed by atoms with van der Waals surface area (Å²) < 4.78 is 0. The highest BCUT2D eigenvalue weighted by molar-refractivity contribution is 4.87. The maximum absolute atomic E-state index is 9.80. The van der Waals surface area contributed by atoms with Crippen molar-refractivity contribution in [3.63, 3.8) is 0 Å². The lowest BCUT2D eigenvalue weighted by Gasteiger charge is -2.09. The fraction of sp³-hybridized carbons (Fsp3) is 1.00. The lowest BCUT2D eigenvalue weighted by molar-refractivity contribution is 0.132. The second kappa shape index (κ2) is 7.27. The molecule has 0 aromatic rings. The Hall–Kier alpha value is -0.0400. The largest absolute Gasteiger partial charge is 0.393 e. The molecule has 0 amide bonds. The minimum atomic E-state index is 0.00985. The van der Waals surface area contributed by atoms with Gasteiger partial charge < -0.3 is 5.11 Å². The summed E-state index contributed by atoms with van der Waals surface area (Å²) in [7, 11) is 0. The minimum Gasteiger partial charge on any atom is -0.393 e. The number of hydrogen-bond donors (Lipinski definition) is 1. The van der Waals surface area contributed by atoms with E-state index in [9.17, 15) is 5.11 Å². The molecule has 0 aliphatic heterocycles. The summed E-state index contributed by atoms with van der Waals surface area (Å²) in [6.45, 7) is 4.51. The SMILES string of the molecule is CCCCCCCCCC(O)C1CC1C. The normalized spacial score (nSPS) is 26.6. The Morgan fingerprint density at radius 1 is 1.07 bits per heavy atom. The second-order valence-electron chi connectivity index (χ2n) is 5.35. The molecule has 3 atom stereocenters. The van der Waals surface area contributed by atoms with Crippen LogP contribution in [0.25, 0.3) is 0 Å². The molecular formula is C14H28O. The number of aliphatic hydroxyl groups is 1. The molecule has 3 unspecified atom stereocenters. The third-order valence-electron chi connectivity index (χ3n) is 3.77. The number of hydrogen-bond acceptors (Lipinski definition) is 1. The fourth-order valence-corrected chi connectivity index (χ4v) is 2.41. The molecule has 15 heavy (non-hydrogen) atoms. The van der Waals surface area contributed by atoms with E-state index in [1.807, 2.05) is 0 Å². The van der Waals surface area contributed by atoms with E-state index in [4.69, 9.17) is 0 Å². The summed E-state index contributed by atoms with van der Waals surface area (Å²) in [5, 5.41) is 9.80. The third kappa shape index (κ3) is 5.55. The van der Waals surface area contributed by atoms with Crippen LogP contribution in [-0.4, -0.2) is 11.2 Å². The summed E-state index contributed by atoms with van der Waals surface area (Å²) in [6.07, 6.45) is 11.8. The van der Waals surface area contributed by atoms with E-state index in [1.54, 1.807) is 0 Å². The predicted octanol–water partition coefficient (Wildman–Crippen LogP) is 4.14. The van der Waals surface area contributed by atoms with Gasteiger partial charge in [-0.2, -0.15) is 0 Å². The molecule has 90 valence electrons. The van der Waals surface area contributed by atoms with Gasteiger partial charge in [0.05, 0.1) is 6.10 Å². The van der Waals surface area contributed by atoms with E-state index in [0.29, 0.717) is 5.92 Å². The summed E-state index contributed by atoms with van der Waals surface area (Å²) in [6, 6.07) is 0. The van der Waals surface area contributed by atoms with Gasteiger partial charge in [-0.05, 0) is 24.7 Å². The number of aliphatic hydroxyl groups excluding tert-OH is 1. The standard InChI is InChI=1S/C14H28O/c1-3-4-5-6-7-8-9-10-14(15)13-11-12(13)2/h12-15H,3-11H2,1-2H3. The molecule has 0 saturated heterocycles. The predicted molar refractivity (Wildman–Crippen MR) is 65.9 cm³/mol. The van der Waals surface area contributed by atoms with Gasteiger partial charge in [0, 0.05) is 0 Å². The molecule has 0 radical (unpaired) electrons. The molecule has 0 bridgehead atoms. The Morgan fingerprint density at radius 3 is 2.13 bits per heavy atom.